The molecule has 1 aromatic carbocycles. The molecule has 0 amide bonds. The van der Waals surface area contributed by atoms with Crippen LogP contribution in [0.5, 0.6) is 0 Å². The average Bonchev–Trinajstić information content (AvgIpc) is 2.58. The number of ether oxygens (including phenoxy) is 1. The zero-order valence-electron chi connectivity index (χ0n) is 14.6. The van der Waals surface area contributed by atoms with Gasteiger partial charge in [0.05, 0.1) is 0 Å². The number of hydrogen-bond donors (Lipinski definition) is 1. The van der Waals surface area contributed by atoms with Crippen LogP contribution in [0.4, 0.5) is 0 Å². The number of carbonyl (C=O) groups excluding carboxylic acids is 1. The third kappa shape index (κ3) is 9.89. The molecule has 132 valence electrons. The highest BCUT2D eigenvalue weighted by atomic mass is 16.5. The monoisotopic (exact) mass is 340 g/mol. The second-order valence-corrected chi connectivity index (χ2v) is 5.50. The van der Waals surface area contributed by atoms with Gasteiger partial charge in [-0.05, 0) is 18.6 Å². The molecule has 25 heavy (non-hydrogen) atoms. The molecule has 0 aliphatic rings. The van der Waals surface area contributed by atoms with E-state index >= 15 is 0 Å². The molecule has 0 aliphatic carbocycles. The fraction of sp³-hybridized carbons (Fsp3) is 0.429. The lowest BCUT2D eigenvalue weighted by molar-refractivity contribution is -0.151. The second kappa shape index (κ2) is 12.7. The highest BCUT2D eigenvalue weighted by Crippen LogP contribution is 2.06. The number of carboxylic acids is 1. The fourth-order valence-electron chi connectivity index (χ4n) is 2.05. The van der Waals surface area contributed by atoms with E-state index in [-0.39, 0.29) is 6.61 Å². The first-order valence-electron chi connectivity index (χ1n) is 8.57. The molecule has 0 heterocycles. The van der Waals surface area contributed by atoms with Gasteiger partial charge < -0.3 is 9.84 Å². The Morgan fingerprint density at radius 1 is 1.00 bits per heavy atom. The summed E-state index contributed by atoms with van der Waals surface area (Å²) < 4.78 is 4.78. The SMILES string of the molecule is CCCCCCC#Cc1ccccc1C#CCCOC(=O)CC(=O)O. The minimum atomic E-state index is -1.20. The number of esters is 1. The fourth-order valence-corrected chi connectivity index (χ4v) is 2.05. The molecule has 0 spiro atoms. The van der Waals surface area contributed by atoms with E-state index in [1.54, 1.807) is 0 Å². The van der Waals surface area contributed by atoms with E-state index in [2.05, 4.69) is 30.6 Å². The van der Waals surface area contributed by atoms with E-state index in [0.717, 1.165) is 24.0 Å². The predicted molar refractivity (Wildman–Crippen MR) is 96.8 cm³/mol. The molecule has 4 heteroatoms. The first kappa shape index (κ1) is 20.3. The Hall–Kier alpha value is -2.72. The van der Waals surface area contributed by atoms with Gasteiger partial charge in [0.2, 0.25) is 0 Å². The first-order valence-corrected chi connectivity index (χ1v) is 8.57. The molecule has 0 saturated heterocycles. The highest BCUT2D eigenvalue weighted by molar-refractivity contribution is 5.90. The Morgan fingerprint density at radius 2 is 1.64 bits per heavy atom. The summed E-state index contributed by atoms with van der Waals surface area (Å²) in [5.74, 6) is 10.4. The van der Waals surface area contributed by atoms with Crippen LogP contribution in [0.1, 0.15) is 63.0 Å². The molecule has 0 unspecified atom stereocenters. The van der Waals surface area contributed by atoms with Gasteiger partial charge in [-0.3, -0.25) is 9.59 Å². The molecule has 4 nitrogen and oxygen atoms in total. The van der Waals surface area contributed by atoms with Crippen LogP contribution >= 0.6 is 0 Å². The lowest BCUT2D eigenvalue weighted by Gasteiger charge is -1.99. The highest BCUT2D eigenvalue weighted by Gasteiger charge is 2.07. The second-order valence-electron chi connectivity index (χ2n) is 5.50. The third-order valence-corrected chi connectivity index (χ3v) is 3.31. The van der Waals surface area contributed by atoms with Crippen molar-refractivity contribution in [2.24, 2.45) is 0 Å². The van der Waals surface area contributed by atoms with E-state index in [4.69, 9.17) is 9.84 Å². The van der Waals surface area contributed by atoms with Crippen LogP contribution in [0, 0.1) is 23.7 Å². The maximum Gasteiger partial charge on any atom is 0.317 e. The molecule has 0 aromatic heterocycles. The molecule has 1 aromatic rings. The molecule has 0 radical (unpaired) electrons. The van der Waals surface area contributed by atoms with E-state index in [1.807, 2.05) is 24.3 Å². The number of rotatable bonds is 8. The lowest BCUT2D eigenvalue weighted by atomic mass is 10.1. The van der Waals surface area contributed by atoms with Gasteiger partial charge >= 0.3 is 11.9 Å². The van der Waals surface area contributed by atoms with Crippen LogP contribution < -0.4 is 0 Å². The van der Waals surface area contributed by atoms with Gasteiger partial charge in [-0.15, -0.1) is 0 Å². The van der Waals surface area contributed by atoms with E-state index in [0.29, 0.717) is 6.42 Å². The molecular weight excluding hydrogens is 316 g/mol. The summed E-state index contributed by atoms with van der Waals surface area (Å²) >= 11 is 0. The summed E-state index contributed by atoms with van der Waals surface area (Å²) in [4.78, 5) is 21.4. The molecule has 0 aliphatic heterocycles. The third-order valence-electron chi connectivity index (χ3n) is 3.31. The average molecular weight is 340 g/mol. The van der Waals surface area contributed by atoms with Crippen LogP contribution in [0.3, 0.4) is 0 Å². The number of hydrogen-bond acceptors (Lipinski definition) is 3. The number of carboxylic acid groups (broad SMARTS) is 1. The Kier molecular flexibility index (Phi) is 10.3. The summed E-state index contributed by atoms with van der Waals surface area (Å²) in [6, 6.07) is 7.68. The molecule has 1 rings (SSSR count). The van der Waals surface area contributed by atoms with E-state index in [1.165, 1.54) is 19.3 Å². The normalized spacial score (nSPS) is 9.32. The van der Waals surface area contributed by atoms with Crippen LogP contribution in [0.15, 0.2) is 24.3 Å². The summed E-state index contributed by atoms with van der Waals surface area (Å²) in [6.07, 6.45) is 5.43. The van der Waals surface area contributed by atoms with Gasteiger partial charge in [0.25, 0.3) is 0 Å². The van der Waals surface area contributed by atoms with Crippen molar-refractivity contribution in [1.29, 1.82) is 0 Å². The van der Waals surface area contributed by atoms with Crippen LogP contribution in [-0.2, 0) is 14.3 Å². The zero-order valence-corrected chi connectivity index (χ0v) is 14.6. The van der Waals surface area contributed by atoms with Gasteiger partial charge in [0.15, 0.2) is 0 Å². The first-order chi connectivity index (χ1) is 12.1. The van der Waals surface area contributed by atoms with Crippen molar-refractivity contribution in [2.75, 3.05) is 6.61 Å². The van der Waals surface area contributed by atoms with Crippen molar-refractivity contribution in [2.45, 2.75) is 51.9 Å². The minimum absolute atomic E-state index is 0.0877. The zero-order chi connectivity index (χ0) is 18.3. The van der Waals surface area contributed by atoms with Gasteiger partial charge in [-0.25, -0.2) is 0 Å². The summed E-state index contributed by atoms with van der Waals surface area (Å²) in [5, 5.41) is 8.46. The summed E-state index contributed by atoms with van der Waals surface area (Å²) in [6.45, 7) is 2.28. The van der Waals surface area contributed by atoms with Gasteiger partial charge in [0.1, 0.15) is 13.0 Å². The molecule has 0 atom stereocenters. The molecule has 0 saturated carbocycles. The molecule has 0 bridgehead atoms. The van der Waals surface area contributed by atoms with Crippen LogP contribution in [0.2, 0.25) is 0 Å². The number of benzene rings is 1. The number of unbranched alkanes of at least 4 members (excludes halogenated alkanes) is 4. The molecular formula is C21H24O4. The van der Waals surface area contributed by atoms with Crippen molar-refractivity contribution < 1.29 is 19.4 Å². The van der Waals surface area contributed by atoms with Crippen molar-refractivity contribution in [3.8, 4) is 23.7 Å². The van der Waals surface area contributed by atoms with Crippen molar-refractivity contribution in [1.82, 2.24) is 0 Å². The number of carbonyl (C=O) groups is 2. The van der Waals surface area contributed by atoms with Crippen molar-refractivity contribution >= 4 is 11.9 Å². The number of aliphatic carboxylic acids is 1. The topological polar surface area (TPSA) is 63.6 Å². The molecule has 1 N–H and O–H groups in total. The Balaban J connectivity index is 2.48. The smallest absolute Gasteiger partial charge is 0.317 e. The van der Waals surface area contributed by atoms with Gasteiger partial charge in [-0.2, -0.15) is 0 Å². The van der Waals surface area contributed by atoms with Crippen LogP contribution in [0.25, 0.3) is 0 Å². The standard InChI is InChI=1S/C21H24O4/c1-2-3-4-5-6-7-12-18-13-8-9-14-19(18)15-10-11-16-25-21(24)17-20(22)23/h8-9,13-14H,2-6,11,16-17H2,1H3,(H,22,23). The van der Waals surface area contributed by atoms with Gasteiger partial charge in [-0.1, -0.05) is 62.0 Å². The minimum Gasteiger partial charge on any atom is -0.481 e. The quantitative estimate of drug-likeness (QED) is 0.339. The van der Waals surface area contributed by atoms with E-state index in [9.17, 15) is 9.59 Å². The summed E-state index contributed by atoms with van der Waals surface area (Å²) in [7, 11) is 0. The maximum atomic E-state index is 11.1. The largest absolute Gasteiger partial charge is 0.481 e. The Bertz CT molecular complexity index is 683. The van der Waals surface area contributed by atoms with Crippen molar-refractivity contribution in [3.63, 3.8) is 0 Å². The van der Waals surface area contributed by atoms with Gasteiger partial charge in [0, 0.05) is 24.0 Å². The van der Waals surface area contributed by atoms with E-state index < -0.39 is 18.4 Å². The lowest BCUT2D eigenvalue weighted by Crippen LogP contribution is -2.10. The Morgan fingerprint density at radius 3 is 2.24 bits per heavy atom. The maximum absolute atomic E-state index is 11.1. The summed E-state index contributed by atoms with van der Waals surface area (Å²) in [5.41, 5.74) is 1.74. The van der Waals surface area contributed by atoms with Crippen LogP contribution in [-0.4, -0.2) is 23.7 Å². The Labute approximate surface area is 149 Å². The van der Waals surface area contributed by atoms with Crippen molar-refractivity contribution in [3.05, 3.63) is 35.4 Å². The molecule has 0 fully saturated rings. The predicted octanol–water partition coefficient (Wildman–Crippen LogP) is 3.77.